The third kappa shape index (κ3) is 2.26. The van der Waals surface area contributed by atoms with Crippen LogP contribution < -0.4 is 0 Å². The van der Waals surface area contributed by atoms with E-state index >= 15 is 0 Å². The summed E-state index contributed by atoms with van der Waals surface area (Å²) in [7, 11) is 1.76. The Hall–Kier alpha value is -2.37. The van der Waals surface area contributed by atoms with Gasteiger partial charge >= 0.3 is 0 Å². The van der Waals surface area contributed by atoms with Crippen LogP contribution in [0.4, 0.5) is 0 Å². The number of H-pyrrole nitrogens is 1. The van der Waals surface area contributed by atoms with Crippen molar-refractivity contribution in [3.63, 3.8) is 0 Å². The zero-order valence-corrected chi connectivity index (χ0v) is 12.2. The maximum Gasteiger partial charge on any atom is 0.296 e. The number of nitrogens with one attached hydrogen (secondary N) is 1. The number of fused-ring (bicyclic) bond motifs is 1. The molecule has 0 fully saturated rings. The zero-order valence-electron chi connectivity index (χ0n) is 12.2. The van der Waals surface area contributed by atoms with Gasteiger partial charge in [-0.05, 0) is 18.6 Å². The molecule has 3 heterocycles. The first-order chi connectivity index (χ1) is 10.1. The number of aromatic amines is 1. The molecule has 0 saturated heterocycles. The second kappa shape index (κ2) is 5.20. The fraction of sp³-hybridized carbons (Fsp3) is 0.400. The molecule has 1 N–H and O–H groups in total. The van der Waals surface area contributed by atoms with Crippen molar-refractivity contribution in [3.8, 4) is 0 Å². The van der Waals surface area contributed by atoms with Crippen LogP contribution in [0.2, 0.25) is 0 Å². The first-order valence-electron chi connectivity index (χ1n) is 7.11. The van der Waals surface area contributed by atoms with Crippen LogP contribution in [0.3, 0.4) is 0 Å². The number of aryl methyl sites for hydroxylation is 2. The van der Waals surface area contributed by atoms with Gasteiger partial charge in [-0.25, -0.2) is 0 Å². The molecule has 2 aromatic heterocycles. The molecule has 0 bridgehead atoms. The molecule has 6 nitrogen and oxygen atoms in total. The lowest BCUT2D eigenvalue weighted by Gasteiger charge is -2.26. The van der Waals surface area contributed by atoms with Crippen molar-refractivity contribution in [2.45, 2.75) is 26.3 Å². The summed E-state index contributed by atoms with van der Waals surface area (Å²) in [5.41, 5.74) is 3.56. The van der Waals surface area contributed by atoms with Crippen LogP contribution in [0.5, 0.6) is 0 Å². The topological polar surface area (TPSA) is 71.0 Å². The fourth-order valence-electron chi connectivity index (χ4n) is 2.77. The average molecular weight is 286 g/mol. The number of hydrogen-bond donors (Lipinski definition) is 1. The Balaban J connectivity index is 1.81. The highest BCUT2D eigenvalue weighted by atomic mass is 16.2. The van der Waals surface area contributed by atoms with E-state index in [0.717, 1.165) is 23.4 Å². The maximum atomic E-state index is 12.4. The number of nitrogens with zero attached hydrogens (tertiary/aromatic N) is 3. The number of carbonyl (C=O) groups is 2. The first kappa shape index (κ1) is 13.6. The summed E-state index contributed by atoms with van der Waals surface area (Å²) in [4.78, 5) is 26.3. The summed E-state index contributed by atoms with van der Waals surface area (Å²) in [6.07, 6.45) is 3.30. The zero-order chi connectivity index (χ0) is 15.0. The lowest BCUT2D eigenvalue weighted by Crippen LogP contribution is -2.40. The average Bonchev–Trinajstić information content (AvgIpc) is 3.10. The molecule has 1 aliphatic heterocycles. The van der Waals surface area contributed by atoms with Gasteiger partial charge in [-0.2, -0.15) is 5.10 Å². The number of carbonyl (C=O) groups excluding carboxylic acids is 2. The molecule has 1 aliphatic rings. The number of amides is 1. The molecule has 1 amide bonds. The van der Waals surface area contributed by atoms with Crippen molar-refractivity contribution in [1.29, 1.82) is 0 Å². The van der Waals surface area contributed by atoms with Crippen molar-refractivity contribution < 1.29 is 9.59 Å². The Labute approximate surface area is 122 Å². The van der Waals surface area contributed by atoms with E-state index in [1.165, 1.54) is 0 Å². The number of hydrogen-bond acceptors (Lipinski definition) is 3. The Morgan fingerprint density at radius 1 is 1.43 bits per heavy atom. The van der Waals surface area contributed by atoms with Crippen LogP contribution in [0.1, 0.15) is 34.4 Å². The SMILES string of the molecule is CCc1n[nH]c2c1CN(C(=O)C(=O)c1cccn1C)CC2. The summed E-state index contributed by atoms with van der Waals surface area (Å²) in [5, 5.41) is 7.29. The molecule has 0 saturated carbocycles. The molecular weight excluding hydrogens is 268 g/mol. The lowest BCUT2D eigenvalue weighted by molar-refractivity contribution is -0.127. The summed E-state index contributed by atoms with van der Waals surface area (Å²) < 4.78 is 1.67. The number of aromatic nitrogens is 3. The molecule has 3 rings (SSSR count). The van der Waals surface area contributed by atoms with Gasteiger partial charge in [0.1, 0.15) is 0 Å². The smallest absolute Gasteiger partial charge is 0.296 e. The number of ketones is 1. The van der Waals surface area contributed by atoms with Gasteiger partial charge in [-0.1, -0.05) is 6.92 Å². The molecule has 6 heteroatoms. The van der Waals surface area contributed by atoms with Crippen molar-refractivity contribution in [2.24, 2.45) is 7.05 Å². The molecule has 0 unspecified atom stereocenters. The predicted octanol–water partition coefficient (Wildman–Crippen LogP) is 1.08. The summed E-state index contributed by atoms with van der Waals surface area (Å²) in [6, 6.07) is 3.44. The van der Waals surface area contributed by atoms with Gasteiger partial charge < -0.3 is 9.47 Å². The van der Waals surface area contributed by atoms with Crippen molar-refractivity contribution in [1.82, 2.24) is 19.7 Å². The van der Waals surface area contributed by atoms with Crippen LogP contribution in [0.15, 0.2) is 18.3 Å². The van der Waals surface area contributed by atoms with E-state index in [1.54, 1.807) is 34.8 Å². The minimum absolute atomic E-state index is 0.425. The second-order valence-electron chi connectivity index (χ2n) is 5.29. The fourth-order valence-corrected chi connectivity index (χ4v) is 2.77. The van der Waals surface area contributed by atoms with E-state index in [-0.39, 0.29) is 0 Å². The molecular formula is C15H18N4O2. The third-order valence-corrected chi connectivity index (χ3v) is 4.01. The van der Waals surface area contributed by atoms with E-state index in [0.29, 0.717) is 25.2 Å². The van der Waals surface area contributed by atoms with Crippen molar-refractivity contribution in [3.05, 3.63) is 41.0 Å². The Morgan fingerprint density at radius 2 is 2.24 bits per heavy atom. The molecule has 0 atom stereocenters. The van der Waals surface area contributed by atoms with Crippen molar-refractivity contribution >= 4 is 11.7 Å². The predicted molar refractivity (Wildman–Crippen MR) is 76.8 cm³/mol. The van der Waals surface area contributed by atoms with Gasteiger partial charge in [0.15, 0.2) is 0 Å². The van der Waals surface area contributed by atoms with E-state index in [9.17, 15) is 9.59 Å². The summed E-state index contributed by atoms with van der Waals surface area (Å²) in [6.45, 7) is 3.05. The van der Waals surface area contributed by atoms with E-state index in [4.69, 9.17) is 0 Å². The summed E-state index contributed by atoms with van der Waals surface area (Å²) in [5.74, 6) is -0.891. The van der Waals surface area contributed by atoms with Gasteiger partial charge in [-0.15, -0.1) is 0 Å². The molecule has 2 aromatic rings. The number of rotatable bonds is 3. The quantitative estimate of drug-likeness (QED) is 0.678. The van der Waals surface area contributed by atoms with Gasteiger partial charge in [0.25, 0.3) is 11.7 Å². The van der Waals surface area contributed by atoms with Crippen LogP contribution in [0.25, 0.3) is 0 Å². The molecule has 110 valence electrons. The monoisotopic (exact) mass is 286 g/mol. The highest BCUT2D eigenvalue weighted by Crippen LogP contribution is 2.21. The molecule has 0 aliphatic carbocycles. The van der Waals surface area contributed by atoms with Crippen LogP contribution in [0, 0.1) is 0 Å². The van der Waals surface area contributed by atoms with Crippen molar-refractivity contribution in [2.75, 3.05) is 6.54 Å². The minimum Gasteiger partial charge on any atom is -0.348 e. The van der Waals surface area contributed by atoms with Gasteiger partial charge in [-0.3, -0.25) is 14.7 Å². The Morgan fingerprint density at radius 3 is 2.90 bits per heavy atom. The van der Waals surface area contributed by atoms with Crippen LogP contribution >= 0.6 is 0 Å². The van der Waals surface area contributed by atoms with E-state index in [1.807, 2.05) is 6.92 Å². The highest BCUT2D eigenvalue weighted by Gasteiger charge is 2.29. The summed E-state index contributed by atoms with van der Waals surface area (Å²) >= 11 is 0. The third-order valence-electron chi connectivity index (χ3n) is 4.01. The second-order valence-corrected chi connectivity index (χ2v) is 5.29. The van der Waals surface area contributed by atoms with Gasteiger partial charge in [0, 0.05) is 44.0 Å². The highest BCUT2D eigenvalue weighted by molar-refractivity contribution is 6.42. The lowest BCUT2D eigenvalue weighted by atomic mass is 10.0. The minimum atomic E-state index is -0.451. The molecule has 0 aromatic carbocycles. The van der Waals surface area contributed by atoms with Crippen LogP contribution in [-0.4, -0.2) is 37.9 Å². The standard InChI is InChI=1S/C15H18N4O2/c1-3-11-10-9-19(8-6-12(10)17-16-11)15(21)14(20)13-5-4-7-18(13)2/h4-5,7H,3,6,8-9H2,1-2H3,(H,16,17). The Kier molecular flexibility index (Phi) is 3.37. The van der Waals surface area contributed by atoms with E-state index < -0.39 is 11.7 Å². The first-order valence-corrected chi connectivity index (χ1v) is 7.11. The van der Waals surface area contributed by atoms with Gasteiger partial charge in [0.05, 0.1) is 11.4 Å². The normalized spacial score (nSPS) is 14.1. The molecule has 21 heavy (non-hydrogen) atoms. The molecule has 0 radical (unpaired) electrons. The Bertz CT molecular complexity index is 685. The van der Waals surface area contributed by atoms with E-state index in [2.05, 4.69) is 10.2 Å². The largest absolute Gasteiger partial charge is 0.348 e. The molecule has 0 spiro atoms. The number of Topliss-reactive ketones (excluding diaryl/α,β-unsaturated/α-hetero) is 1. The van der Waals surface area contributed by atoms with Crippen LogP contribution in [-0.2, 0) is 31.2 Å². The maximum absolute atomic E-state index is 12.4. The van der Waals surface area contributed by atoms with Gasteiger partial charge in [0.2, 0.25) is 0 Å².